The van der Waals surface area contributed by atoms with Gasteiger partial charge in [0.1, 0.15) is 24.6 Å². The lowest BCUT2D eigenvalue weighted by Crippen LogP contribution is -2.37. The van der Waals surface area contributed by atoms with Gasteiger partial charge in [0.2, 0.25) is 5.69 Å². The Labute approximate surface area is 174 Å². The van der Waals surface area contributed by atoms with Crippen LogP contribution in [0.15, 0.2) is 36.4 Å². The molecule has 0 amide bonds. The first kappa shape index (κ1) is 23.8. The van der Waals surface area contributed by atoms with Gasteiger partial charge in [0, 0.05) is 36.2 Å². The largest absolute Gasteiger partial charge is 0.542 e. The Morgan fingerprint density at radius 3 is 2.32 bits per heavy atom. The van der Waals surface area contributed by atoms with Gasteiger partial charge in [-0.1, -0.05) is 0 Å². The maximum Gasteiger partial charge on any atom is 0.430 e. The summed E-state index contributed by atoms with van der Waals surface area (Å²) >= 11 is 0. The Morgan fingerprint density at radius 2 is 1.81 bits per heavy atom. The third kappa shape index (κ3) is 4.81. The fraction of sp³-hybridized carbons (Fsp3) is 0.300. The van der Waals surface area contributed by atoms with E-state index < -0.39 is 22.5 Å². The lowest BCUT2D eigenvalue weighted by atomic mass is 9.75. The quantitative estimate of drug-likeness (QED) is 0.340. The van der Waals surface area contributed by atoms with E-state index >= 15 is 0 Å². The lowest BCUT2D eigenvalue weighted by Gasteiger charge is -2.22. The van der Waals surface area contributed by atoms with E-state index in [0.29, 0.717) is 12.0 Å². The van der Waals surface area contributed by atoms with Crippen LogP contribution >= 0.6 is 0 Å². The monoisotopic (exact) mass is 442 g/mol. The molecule has 7 nitrogen and oxygen atoms in total. The van der Waals surface area contributed by atoms with Crippen molar-refractivity contribution in [1.29, 1.82) is 0 Å². The van der Waals surface area contributed by atoms with Crippen LogP contribution < -0.4 is 5.11 Å². The number of rotatable bonds is 3. The number of benzene rings is 2. The van der Waals surface area contributed by atoms with Crippen LogP contribution in [0.2, 0.25) is 0 Å². The molecule has 0 bridgehead atoms. The van der Waals surface area contributed by atoms with Crippen molar-refractivity contribution in [3.8, 4) is 5.75 Å². The molecule has 11 heteroatoms. The van der Waals surface area contributed by atoms with Gasteiger partial charge < -0.3 is 15.0 Å². The zero-order chi connectivity index (χ0) is 23.7. The number of non-ortho nitro benzene ring substituents is 1. The SMILES string of the molecule is CC1=[N+](C)c2ccc(F)cc2C1(C)Cc1cc([N+](=O)[O-])ccc1O.O=C([O-])C(F)(F)F. The number of phenolic OH excluding ortho intramolecular Hbond substituents is 1. The van der Waals surface area contributed by atoms with E-state index in [9.17, 15) is 32.8 Å². The highest BCUT2D eigenvalue weighted by Gasteiger charge is 2.46. The van der Waals surface area contributed by atoms with Gasteiger partial charge in [-0.25, -0.2) is 8.97 Å². The number of carboxylic acids is 1. The van der Waals surface area contributed by atoms with Crippen LogP contribution in [-0.4, -0.2) is 39.5 Å². The van der Waals surface area contributed by atoms with E-state index in [-0.39, 0.29) is 17.3 Å². The van der Waals surface area contributed by atoms with Crippen molar-refractivity contribution in [1.82, 2.24) is 0 Å². The summed E-state index contributed by atoms with van der Waals surface area (Å²) in [5.74, 6) is -3.33. The fourth-order valence-electron chi connectivity index (χ4n) is 3.42. The Bertz CT molecular complexity index is 1080. The zero-order valence-corrected chi connectivity index (χ0v) is 16.7. The van der Waals surface area contributed by atoms with Crippen molar-refractivity contribution in [2.75, 3.05) is 7.05 Å². The second kappa shape index (κ2) is 8.32. The molecule has 2 aromatic carbocycles. The van der Waals surface area contributed by atoms with Crippen LogP contribution in [0.5, 0.6) is 5.75 Å². The summed E-state index contributed by atoms with van der Waals surface area (Å²) in [5, 5.41) is 29.9. The number of hydrogen-bond acceptors (Lipinski definition) is 5. The molecule has 1 N–H and O–H groups in total. The van der Waals surface area contributed by atoms with Gasteiger partial charge in [0.15, 0.2) is 5.71 Å². The van der Waals surface area contributed by atoms with E-state index in [0.717, 1.165) is 17.0 Å². The number of halogens is 4. The molecule has 3 rings (SSSR count). The van der Waals surface area contributed by atoms with E-state index in [1.54, 1.807) is 6.07 Å². The first-order chi connectivity index (χ1) is 14.2. The van der Waals surface area contributed by atoms with Crippen LogP contribution in [0.1, 0.15) is 25.0 Å². The molecule has 0 saturated heterocycles. The number of hydrogen-bond donors (Lipinski definition) is 1. The average Bonchev–Trinajstić information content (AvgIpc) is 2.84. The predicted octanol–water partition coefficient (Wildman–Crippen LogP) is 2.99. The summed E-state index contributed by atoms with van der Waals surface area (Å²) in [6.45, 7) is 3.91. The number of fused-ring (bicyclic) bond motifs is 1. The van der Waals surface area contributed by atoms with E-state index in [1.807, 2.05) is 25.5 Å². The smallest absolute Gasteiger partial charge is 0.430 e. The van der Waals surface area contributed by atoms with Gasteiger partial charge in [-0.05, 0) is 31.5 Å². The topological polar surface area (TPSA) is 107 Å². The number of carboxylic acid groups (broad SMARTS) is 1. The third-order valence-electron chi connectivity index (χ3n) is 5.27. The molecule has 2 aromatic rings. The Hall–Kier alpha value is -3.50. The minimum atomic E-state index is -5.19. The number of alkyl halides is 3. The number of aromatic hydroxyl groups is 1. The number of nitro groups is 1. The minimum Gasteiger partial charge on any atom is -0.542 e. The number of nitrogens with zero attached hydrogens (tertiary/aromatic N) is 2. The highest BCUT2D eigenvalue weighted by molar-refractivity contribution is 5.94. The summed E-state index contributed by atoms with van der Waals surface area (Å²) < 4.78 is 47.3. The van der Waals surface area contributed by atoms with Crippen LogP contribution in [0.3, 0.4) is 0 Å². The molecular weight excluding hydrogens is 424 g/mol. The number of phenols is 1. The molecule has 0 radical (unpaired) electrons. The van der Waals surface area contributed by atoms with Crippen LogP contribution in [0.4, 0.5) is 28.9 Å². The van der Waals surface area contributed by atoms with E-state index in [4.69, 9.17) is 9.90 Å². The summed E-state index contributed by atoms with van der Waals surface area (Å²) in [4.78, 5) is 19.3. The van der Waals surface area contributed by atoms with Crippen molar-refractivity contribution >= 4 is 23.1 Å². The van der Waals surface area contributed by atoms with Crippen LogP contribution in [0, 0.1) is 15.9 Å². The Kier molecular flexibility index (Phi) is 6.38. The molecule has 166 valence electrons. The van der Waals surface area contributed by atoms with Gasteiger partial charge in [-0.3, -0.25) is 10.1 Å². The maximum atomic E-state index is 13.8. The number of carbonyl (C=O) groups excluding carboxylic acids is 1. The van der Waals surface area contributed by atoms with E-state index in [2.05, 4.69) is 0 Å². The van der Waals surface area contributed by atoms with Crippen molar-refractivity contribution in [3.05, 3.63) is 63.5 Å². The first-order valence-electron chi connectivity index (χ1n) is 8.80. The van der Waals surface area contributed by atoms with Gasteiger partial charge in [0.25, 0.3) is 5.69 Å². The van der Waals surface area contributed by atoms with E-state index in [1.165, 1.54) is 30.3 Å². The molecule has 1 aliphatic heterocycles. The Balaban J connectivity index is 0.000000423. The summed E-state index contributed by atoms with van der Waals surface area (Å²) in [6, 6.07) is 8.62. The van der Waals surface area contributed by atoms with Crippen molar-refractivity contribution in [2.45, 2.75) is 31.9 Å². The summed E-state index contributed by atoms with van der Waals surface area (Å²) in [7, 11) is 1.91. The molecule has 1 heterocycles. The normalized spacial score (nSPS) is 17.6. The first-order valence-corrected chi connectivity index (χ1v) is 8.80. The van der Waals surface area contributed by atoms with Crippen molar-refractivity contribution < 1.29 is 42.1 Å². The lowest BCUT2D eigenvalue weighted by molar-refractivity contribution is -0.403. The molecule has 31 heavy (non-hydrogen) atoms. The number of carbonyl (C=O) groups is 1. The highest BCUT2D eigenvalue weighted by Crippen LogP contribution is 2.43. The zero-order valence-electron chi connectivity index (χ0n) is 16.7. The molecule has 0 spiro atoms. The molecule has 0 saturated carbocycles. The molecule has 0 fully saturated rings. The van der Waals surface area contributed by atoms with Crippen LogP contribution in [-0.2, 0) is 16.6 Å². The fourth-order valence-corrected chi connectivity index (χ4v) is 3.42. The number of nitro benzene ring substituents is 1. The van der Waals surface area contributed by atoms with Gasteiger partial charge in [-0.2, -0.15) is 13.2 Å². The molecule has 0 aliphatic carbocycles. The summed E-state index contributed by atoms with van der Waals surface area (Å²) in [6.07, 6.45) is -4.85. The number of aliphatic carboxylic acids is 1. The van der Waals surface area contributed by atoms with Crippen molar-refractivity contribution in [2.24, 2.45) is 0 Å². The predicted molar refractivity (Wildman–Crippen MR) is 99.8 cm³/mol. The van der Waals surface area contributed by atoms with Gasteiger partial charge in [-0.15, -0.1) is 0 Å². The second-order valence-corrected chi connectivity index (χ2v) is 7.17. The molecular formula is C20H18F4N2O5. The summed E-state index contributed by atoms with van der Waals surface area (Å²) in [5.41, 5.74) is 2.55. The second-order valence-electron chi connectivity index (χ2n) is 7.17. The molecule has 1 atom stereocenters. The highest BCUT2D eigenvalue weighted by atomic mass is 19.4. The minimum absolute atomic E-state index is 0.00197. The van der Waals surface area contributed by atoms with Gasteiger partial charge in [0.05, 0.1) is 10.3 Å². The Morgan fingerprint density at radius 1 is 1.23 bits per heavy atom. The standard InChI is InChI=1S/C18H17FN2O3.C2HF3O2/c1-11-18(2,15-9-13(19)4-6-16(15)20(11)3)10-12-8-14(21(23)24)5-7-17(12)22;3-2(4,5)1(6)7/h4-9H,10H2,1-3H3;(H,6,7). The third-order valence-corrected chi connectivity index (χ3v) is 5.27. The molecule has 0 aromatic heterocycles. The molecule has 1 aliphatic rings. The van der Waals surface area contributed by atoms with Crippen molar-refractivity contribution in [3.63, 3.8) is 0 Å². The van der Waals surface area contributed by atoms with Gasteiger partial charge >= 0.3 is 6.18 Å². The maximum absolute atomic E-state index is 13.8. The average molecular weight is 442 g/mol. The van der Waals surface area contributed by atoms with Crippen LogP contribution in [0.25, 0.3) is 0 Å². The molecule has 1 unspecified atom stereocenters.